The fourth-order valence-corrected chi connectivity index (χ4v) is 3.66. The molecule has 2 aromatic heterocycles. The normalized spacial score (nSPS) is 28.5. The lowest BCUT2D eigenvalue weighted by Gasteiger charge is -2.16. The number of hydrogen-bond acceptors (Lipinski definition) is 10. The first-order valence-electron chi connectivity index (χ1n) is 7.98. The minimum absolute atomic E-state index is 0.242. The third kappa shape index (κ3) is 3.09. The number of aliphatic imine (C=N–C) groups is 2. The van der Waals surface area contributed by atoms with Gasteiger partial charge in [-0.25, -0.2) is 24.9 Å². The van der Waals surface area contributed by atoms with E-state index in [4.69, 9.17) is 10.5 Å². The van der Waals surface area contributed by atoms with Gasteiger partial charge in [-0.15, -0.1) is 0 Å². The molecule has 2 aliphatic rings. The summed E-state index contributed by atoms with van der Waals surface area (Å²) in [6.07, 6.45) is 5.26. The number of thioether (sulfide) groups is 1. The summed E-state index contributed by atoms with van der Waals surface area (Å²) in [4.78, 5) is 20.6. The molecule has 0 spiro atoms. The summed E-state index contributed by atoms with van der Waals surface area (Å²) in [5, 5.41) is 21.4. The van der Waals surface area contributed by atoms with E-state index < -0.39 is 24.5 Å². The summed E-state index contributed by atoms with van der Waals surface area (Å²) in [6, 6.07) is 0. The van der Waals surface area contributed by atoms with Crippen molar-refractivity contribution < 1.29 is 14.9 Å². The smallest absolute Gasteiger partial charge is 0.187 e. The van der Waals surface area contributed by atoms with Crippen LogP contribution in [0.5, 0.6) is 0 Å². The van der Waals surface area contributed by atoms with Crippen molar-refractivity contribution in [2.75, 3.05) is 11.5 Å². The molecule has 11 heteroatoms. The van der Waals surface area contributed by atoms with Gasteiger partial charge < -0.3 is 20.7 Å². The van der Waals surface area contributed by atoms with Crippen LogP contribution in [0.15, 0.2) is 34.9 Å². The minimum atomic E-state index is -1.13. The van der Waals surface area contributed by atoms with Crippen LogP contribution in [0.25, 0.3) is 11.2 Å². The number of ether oxygens (including phenoxy) is 1. The maximum Gasteiger partial charge on any atom is 0.187 e. The number of nitrogens with two attached hydrogens (primary N) is 1. The molecular weight excluding hydrogens is 358 g/mol. The predicted octanol–water partition coefficient (Wildman–Crippen LogP) is 0.105. The number of anilines is 1. The topological polar surface area (TPSA) is 144 Å². The van der Waals surface area contributed by atoms with E-state index in [1.807, 2.05) is 6.08 Å². The van der Waals surface area contributed by atoms with Crippen LogP contribution in [0.2, 0.25) is 0 Å². The third-order valence-electron chi connectivity index (χ3n) is 4.11. The Morgan fingerprint density at radius 2 is 2.15 bits per heavy atom. The molecule has 2 aromatic rings. The van der Waals surface area contributed by atoms with Crippen LogP contribution in [0, 0.1) is 0 Å². The molecule has 136 valence electrons. The van der Waals surface area contributed by atoms with Crippen LogP contribution < -0.4 is 5.73 Å². The summed E-state index contributed by atoms with van der Waals surface area (Å²) in [6.45, 7) is 0. The van der Waals surface area contributed by atoms with E-state index >= 15 is 0 Å². The van der Waals surface area contributed by atoms with Gasteiger partial charge in [0.15, 0.2) is 22.9 Å². The average molecular weight is 375 g/mol. The van der Waals surface area contributed by atoms with Gasteiger partial charge >= 0.3 is 0 Å². The number of amidine groups is 1. The number of aromatic nitrogens is 4. The maximum atomic E-state index is 10.4. The molecule has 0 bridgehead atoms. The highest BCUT2D eigenvalue weighted by molar-refractivity contribution is 8.13. The molecule has 0 aliphatic carbocycles. The van der Waals surface area contributed by atoms with Crippen LogP contribution in [-0.2, 0) is 4.74 Å². The molecule has 4 rings (SSSR count). The van der Waals surface area contributed by atoms with E-state index in [1.54, 1.807) is 17.0 Å². The Labute approximate surface area is 152 Å². The maximum absolute atomic E-state index is 10.4. The second-order valence-corrected chi connectivity index (χ2v) is 6.77. The number of fused-ring (bicyclic) bond motifs is 1. The third-order valence-corrected chi connectivity index (χ3v) is 5.07. The summed E-state index contributed by atoms with van der Waals surface area (Å²) < 4.78 is 7.43. The Balaban J connectivity index is 1.51. The van der Waals surface area contributed by atoms with Gasteiger partial charge in [0, 0.05) is 24.6 Å². The Morgan fingerprint density at radius 3 is 3.04 bits per heavy atom. The van der Waals surface area contributed by atoms with E-state index in [2.05, 4.69) is 24.9 Å². The second kappa shape index (κ2) is 7.11. The largest absolute Gasteiger partial charge is 0.387 e. The standard InChI is InChI=1S/C15H17N7O3S/c16-12-9-13(20-6-19-12)22(7-21-9)14-11(24)10(23)8(25-14)5-26-15-17-3-1-2-4-18-15/h1,3-4,6-8,10-11,14,23-24H,2,5H2,(H2,16,19,20)/t8-,10-,11-,14-/m1/s1. The average Bonchev–Trinajstić information content (AvgIpc) is 3.06. The van der Waals surface area contributed by atoms with E-state index in [1.165, 1.54) is 24.4 Å². The monoisotopic (exact) mass is 375 g/mol. The van der Waals surface area contributed by atoms with Crippen LogP contribution in [0.1, 0.15) is 12.6 Å². The van der Waals surface area contributed by atoms with Crippen LogP contribution in [0.4, 0.5) is 5.82 Å². The molecule has 0 radical (unpaired) electrons. The Morgan fingerprint density at radius 1 is 1.27 bits per heavy atom. The van der Waals surface area contributed by atoms with Gasteiger partial charge in [-0.1, -0.05) is 17.8 Å². The van der Waals surface area contributed by atoms with Gasteiger partial charge in [0.2, 0.25) is 0 Å². The molecule has 0 aromatic carbocycles. The molecular formula is C15H17N7O3S. The number of nitrogen functional groups attached to an aromatic ring is 1. The van der Waals surface area contributed by atoms with E-state index in [0.717, 1.165) is 6.42 Å². The molecule has 26 heavy (non-hydrogen) atoms. The molecule has 4 atom stereocenters. The zero-order chi connectivity index (χ0) is 18.1. The first kappa shape index (κ1) is 17.1. The highest BCUT2D eigenvalue weighted by Gasteiger charge is 2.44. The molecule has 1 saturated heterocycles. The van der Waals surface area contributed by atoms with Gasteiger partial charge in [-0.3, -0.25) is 4.57 Å². The van der Waals surface area contributed by atoms with Crippen molar-refractivity contribution >= 4 is 40.1 Å². The van der Waals surface area contributed by atoms with Gasteiger partial charge in [-0.2, -0.15) is 0 Å². The molecule has 2 aliphatic heterocycles. The number of allylic oxidation sites excluding steroid dienone is 1. The first-order valence-corrected chi connectivity index (χ1v) is 8.96. The lowest BCUT2D eigenvalue weighted by Crippen LogP contribution is -2.32. The van der Waals surface area contributed by atoms with Gasteiger partial charge in [0.1, 0.15) is 24.1 Å². The zero-order valence-electron chi connectivity index (χ0n) is 13.6. The molecule has 4 heterocycles. The van der Waals surface area contributed by atoms with Gasteiger partial charge in [0.05, 0.1) is 12.4 Å². The van der Waals surface area contributed by atoms with Crippen LogP contribution in [0.3, 0.4) is 0 Å². The number of nitrogens with zero attached hydrogens (tertiary/aromatic N) is 6. The van der Waals surface area contributed by atoms with E-state index in [9.17, 15) is 10.2 Å². The highest BCUT2D eigenvalue weighted by Crippen LogP contribution is 2.33. The fraction of sp³-hybridized carbons (Fsp3) is 0.400. The van der Waals surface area contributed by atoms with Crippen LogP contribution in [-0.4, -0.2) is 65.2 Å². The fourth-order valence-electron chi connectivity index (χ4n) is 2.79. The summed E-state index contributed by atoms with van der Waals surface area (Å²) >= 11 is 1.35. The second-order valence-electron chi connectivity index (χ2n) is 5.78. The van der Waals surface area contributed by atoms with Gasteiger partial charge in [-0.05, 0) is 0 Å². The molecule has 0 amide bonds. The summed E-state index contributed by atoms with van der Waals surface area (Å²) in [5.74, 6) is 0.633. The molecule has 0 saturated carbocycles. The zero-order valence-corrected chi connectivity index (χ0v) is 14.4. The lowest BCUT2D eigenvalue weighted by molar-refractivity contribution is -0.0288. The van der Waals surface area contributed by atoms with Crippen molar-refractivity contribution in [1.82, 2.24) is 19.5 Å². The molecule has 1 fully saturated rings. The van der Waals surface area contributed by atoms with Gasteiger partial charge in [0.25, 0.3) is 0 Å². The lowest BCUT2D eigenvalue weighted by atomic mass is 10.1. The van der Waals surface area contributed by atoms with Crippen molar-refractivity contribution in [2.45, 2.75) is 31.0 Å². The summed E-state index contributed by atoms with van der Waals surface area (Å²) in [7, 11) is 0. The van der Waals surface area contributed by atoms with Crippen molar-refractivity contribution in [1.29, 1.82) is 0 Å². The van der Waals surface area contributed by atoms with Crippen LogP contribution >= 0.6 is 11.8 Å². The SMILES string of the molecule is Nc1ncnc2c1ncn2[C@@H]1O[C@H](CSC2=NC=CCC=N2)[C@@H](O)[C@H]1O. The molecule has 0 unspecified atom stereocenters. The van der Waals surface area contributed by atoms with Crippen molar-refractivity contribution in [3.63, 3.8) is 0 Å². The highest BCUT2D eigenvalue weighted by atomic mass is 32.2. The Bertz CT molecular complexity index is 896. The Hall–Kier alpha value is -2.34. The Kier molecular flexibility index (Phi) is 4.68. The molecule has 10 nitrogen and oxygen atoms in total. The quantitative estimate of drug-likeness (QED) is 0.685. The van der Waals surface area contributed by atoms with Crippen molar-refractivity contribution in [3.8, 4) is 0 Å². The minimum Gasteiger partial charge on any atom is -0.387 e. The first-order chi connectivity index (χ1) is 12.6. The van der Waals surface area contributed by atoms with E-state index in [0.29, 0.717) is 22.1 Å². The number of hydrogen-bond donors (Lipinski definition) is 3. The number of rotatable bonds is 3. The van der Waals surface area contributed by atoms with E-state index in [-0.39, 0.29) is 5.82 Å². The molecule has 4 N–H and O–H groups in total. The van der Waals surface area contributed by atoms with Crippen molar-refractivity contribution in [3.05, 3.63) is 24.9 Å². The number of aliphatic hydroxyl groups is 2. The number of aliphatic hydroxyl groups excluding tert-OH is 2. The summed E-state index contributed by atoms with van der Waals surface area (Å²) in [5.41, 5.74) is 6.64. The van der Waals surface area contributed by atoms with Crippen molar-refractivity contribution in [2.24, 2.45) is 9.98 Å². The predicted molar refractivity (Wildman–Crippen MR) is 97.8 cm³/mol. The number of imidazole rings is 1.